The molecule has 3 aromatic heterocycles. The Labute approximate surface area is 156 Å². The van der Waals surface area contributed by atoms with E-state index in [-0.39, 0.29) is 5.91 Å². The molecule has 0 radical (unpaired) electrons. The van der Waals surface area contributed by atoms with Crippen molar-refractivity contribution >= 4 is 45.0 Å². The van der Waals surface area contributed by atoms with E-state index in [9.17, 15) is 4.79 Å². The number of aromatic nitrogens is 3. The molecule has 0 saturated heterocycles. The van der Waals surface area contributed by atoms with Gasteiger partial charge in [0.1, 0.15) is 15.7 Å². The average molecular weight is 385 g/mol. The molecule has 3 heterocycles. The molecular weight excluding hydrogens is 372 g/mol. The van der Waals surface area contributed by atoms with E-state index in [4.69, 9.17) is 0 Å². The van der Waals surface area contributed by atoms with Gasteiger partial charge in [-0.1, -0.05) is 47.7 Å². The first-order valence-corrected chi connectivity index (χ1v) is 10.0. The molecule has 8 heteroatoms. The summed E-state index contributed by atoms with van der Waals surface area (Å²) in [7, 11) is 0. The van der Waals surface area contributed by atoms with Crippen molar-refractivity contribution in [3.05, 3.63) is 69.5 Å². The summed E-state index contributed by atoms with van der Waals surface area (Å²) >= 11 is 4.44. The Hall–Kier alpha value is -2.42. The van der Waals surface area contributed by atoms with Crippen LogP contribution in [0.5, 0.6) is 0 Å². The molecule has 0 aliphatic rings. The molecule has 25 heavy (non-hydrogen) atoms. The van der Waals surface area contributed by atoms with Crippen LogP contribution in [-0.2, 0) is 6.42 Å². The number of rotatable bonds is 5. The van der Waals surface area contributed by atoms with Gasteiger partial charge in [-0.2, -0.15) is 0 Å². The van der Waals surface area contributed by atoms with Gasteiger partial charge >= 0.3 is 0 Å². The summed E-state index contributed by atoms with van der Waals surface area (Å²) in [5, 5.41) is 16.9. The Morgan fingerprint density at radius 1 is 1.04 bits per heavy atom. The number of nitrogens with zero attached hydrogens (tertiary/aromatic N) is 3. The molecule has 0 saturated carbocycles. The van der Waals surface area contributed by atoms with E-state index in [1.165, 1.54) is 22.7 Å². The quantitative estimate of drug-likeness (QED) is 0.547. The Bertz CT molecular complexity index is 976. The van der Waals surface area contributed by atoms with Gasteiger partial charge in [-0.25, -0.2) is 4.98 Å². The van der Waals surface area contributed by atoms with Crippen LogP contribution in [0.15, 0.2) is 53.2 Å². The highest BCUT2D eigenvalue weighted by Gasteiger charge is 2.15. The average Bonchev–Trinajstić information content (AvgIpc) is 3.37. The minimum Gasteiger partial charge on any atom is -0.295 e. The van der Waals surface area contributed by atoms with Crippen molar-refractivity contribution in [2.24, 2.45) is 0 Å². The van der Waals surface area contributed by atoms with Crippen molar-refractivity contribution in [1.29, 1.82) is 0 Å². The highest BCUT2D eigenvalue weighted by molar-refractivity contribution is 7.20. The number of nitrogens with one attached hydrogen (secondary N) is 1. The van der Waals surface area contributed by atoms with Gasteiger partial charge < -0.3 is 0 Å². The van der Waals surface area contributed by atoms with E-state index >= 15 is 0 Å². The molecule has 0 atom stereocenters. The molecule has 0 spiro atoms. The zero-order chi connectivity index (χ0) is 17.1. The van der Waals surface area contributed by atoms with Gasteiger partial charge in [0.25, 0.3) is 5.91 Å². The van der Waals surface area contributed by atoms with Crippen molar-refractivity contribution < 1.29 is 4.79 Å². The van der Waals surface area contributed by atoms with Gasteiger partial charge in [0.2, 0.25) is 5.13 Å². The molecule has 1 amide bonds. The van der Waals surface area contributed by atoms with E-state index < -0.39 is 0 Å². The third kappa shape index (κ3) is 3.81. The normalized spacial score (nSPS) is 10.7. The van der Waals surface area contributed by atoms with E-state index in [0.717, 1.165) is 20.5 Å². The lowest BCUT2D eigenvalue weighted by atomic mass is 10.2. The smallest absolute Gasteiger partial charge is 0.276 e. The minimum atomic E-state index is -0.263. The van der Waals surface area contributed by atoms with Gasteiger partial charge in [-0.15, -0.1) is 32.9 Å². The molecule has 4 aromatic rings. The lowest BCUT2D eigenvalue weighted by Crippen LogP contribution is -2.12. The Balaban J connectivity index is 1.43. The fourth-order valence-corrected chi connectivity index (χ4v) is 4.58. The number of carbonyl (C=O) groups is 1. The number of hydrogen-bond donors (Lipinski definition) is 1. The van der Waals surface area contributed by atoms with Crippen molar-refractivity contribution in [2.75, 3.05) is 5.32 Å². The van der Waals surface area contributed by atoms with Crippen LogP contribution in [0.3, 0.4) is 0 Å². The van der Waals surface area contributed by atoms with Crippen molar-refractivity contribution in [3.63, 3.8) is 0 Å². The minimum absolute atomic E-state index is 0.263. The van der Waals surface area contributed by atoms with Gasteiger partial charge in [0, 0.05) is 11.8 Å². The highest BCUT2D eigenvalue weighted by atomic mass is 32.1. The van der Waals surface area contributed by atoms with Crippen LogP contribution in [0.4, 0.5) is 5.13 Å². The van der Waals surface area contributed by atoms with E-state index in [0.29, 0.717) is 17.2 Å². The van der Waals surface area contributed by atoms with Crippen LogP contribution in [0.1, 0.15) is 21.1 Å². The number of thiazole rings is 1. The number of thiophene rings is 1. The third-order valence-electron chi connectivity index (χ3n) is 3.35. The standard InChI is InChI=1S/C17H12N4OS3/c22-15(12-10-24-16(18-12)13-7-4-8-23-13)19-17-21-20-14(25-17)9-11-5-2-1-3-6-11/h1-8,10H,9H2,(H,19,21,22). The molecule has 0 aliphatic carbocycles. The van der Waals surface area contributed by atoms with Gasteiger partial charge in [0.05, 0.1) is 4.88 Å². The van der Waals surface area contributed by atoms with Crippen molar-refractivity contribution in [1.82, 2.24) is 15.2 Å². The first-order chi connectivity index (χ1) is 12.3. The maximum Gasteiger partial charge on any atom is 0.276 e. The number of amides is 1. The lowest BCUT2D eigenvalue weighted by Gasteiger charge is -1.97. The largest absolute Gasteiger partial charge is 0.295 e. The second kappa shape index (κ2) is 7.22. The van der Waals surface area contributed by atoms with Crippen LogP contribution in [0.2, 0.25) is 0 Å². The highest BCUT2D eigenvalue weighted by Crippen LogP contribution is 2.28. The second-order valence-electron chi connectivity index (χ2n) is 5.13. The summed E-state index contributed by atoms with van der Waals surface area (Å²) in [5.74, 6) is -0.263. The Kier molecular flexibility index (Phi) is 4.64. The Morgan fingerprint density at radius 2 is 1.92 bits per heavy atom. The first-order valence-electron chi connectivity index (χ1n) is 7.45. The van der Waals surface area contributed by atoms with Crippen molar-refractivity contribution in [3.8, 4) is 9.88 Å². The van der Waals surface area contributed by atoms with Crippen LogP contribution in [0, 0.1) is 0 Å². The first kappa shape index (κ1) is 16.1. The predicted octanol–water partition coefficient (Wildman–Crippen LogP) is 4.57. The third-order valence-corrected chi connectivity index (χ3v) is 6.07. The van der Waals surface area contributed by atoms with Gasteiger partial charge in [-0.3, -0.25) is 10.1 Å². The van der Waals surface area contributed by atoms with E-state index in [1.54, 1.807) is 16.7 Å². The van der Waals surface area contributed by atoms with Crippen LogP contribution < -0.4 is 5.32 Å². The van der Waals surface area contributed by atoms with E-state index in [2.05, 4.69) is 20.5 Å². The molecular formula is C17H12N4OS3. The second-order valence-corrected chi connectivity index (χ2v) is 8.00. The SMILES string of the molecule is O=C(Nc1nnc(Cc2ccccc2)s1)c1csc(-c2cccs2)n1. The molecule has 124 valence electrons. The molecule has 4 rings (SSSR count). The van der Waals surface area contributed by atoms with Gasteiger partial charge in [0.15, 0.2) is 0 Å². The molecule has 0 bridgehead atoms. The number of carbonyl (C=O) groups excluding carboxylic acids is 1. The number of benzene rings is 1. The molecule has 5 nitrogen and oxygen atoms in total. The van der Waals surface area contributed by atoms with Crippen LogP contribution in [0.25, 0.3) is 9.88 Å². The Morgan fingerprint density at radius 3 is 2.72 bits per heavy atom. The zero-order valence-electron chi connectivity index (χ0n) is 12.9. The zero-order valence-corrected chi connectivity index (χ0v) is 15.3. The van der Waals surface area contributed by atoms with E-state index in [1.807, 2.05) is 47.8 Å². The molecule has 1 aromatic carbocycles. The van der Waals surface area contributed by atoms with Crippen LogP contribution in [-0.4, -0.2) is 21.1 Å². The summed E-state index contributed by atoms with van der Waals surface area (Å²) in [6, 6.07) is 14.0. The maximum absolute atomic E-state index is 12.3. The summed E-state index contributed by atoms with van der Waals surface area (Å²) in [6.45, 7) is 0. The summed E-state index contributed by atoms with van der Waals surface area (Å²) in [4.78, 5) is 17.8. The topological polar surface area (TPSA) is 67.8 Å². The molecule has 1 N–H and O–H groups in total. The maximum atomic E-state index is 12.3. The number of anilines is 1. The summed E-state index contributed by atoms with van der Waals surface area (Å²) in [5.41, 5.74) is 1.56. The fraction of sp³-hybridized carbons (Fsp3) is 0.0588. The lowest BCUT2D eigenvalue weighted by molar-refractivity contribution is 0.102. The molecule has 0 unspecified atom stereocenters. The predicted molar refractivity (Wildman–Crippen MR) is 103 cm³/mol. The summed E-state index contributed by atoms with van der Waals surface area (Å²) < 4.78 is 0. The van der Waals surface area contributed by atoms with Crippen molar-refractivity contribution in [2.45, 2.75) is 6.42 Å². The molecule has 0 fully saturated rings. The summed E-state index contributed by atoms with van der Waals surface area (Å²) in [6.07, 6.45) is 0.702. The monoisotopic (exact) mass is 384 g/mol. The molecule has 0 aliphatic heterocycles. The van der Waals surface area contributed by atoms with Crippen LogP contribution >= 0.6 is 34.0 Å². The van der Waals surface area contributed by atoms with Gasteiger partial charge in [-0.05, 0) is 17.0 Å². The number of hydrogen-bond acceptors (Lipinski definition) is 7. The fourth-order valence-electron chi connectivity index (χ4n) is 2.20.